The van der Waals surface area contributed by atoms with Crippen molar-refractivity contribution in [2.75, 3.05) is 6.54 Å². The van der Waals surface area contributed by atoms with Crippen molar-refractivity contribution in [1.82, 2.24) is 14.9 Å². The molecule has 0 radical (unpaired) electrons. The zero-order valence-corrected chi connectivity index (χ0v) is 12.1. The minimum atomic E-state index is 0.942. The van der Waals surface area contributed by atoms with Crippen molar-refractivity contribution in [1.29, 1.82) is 0 Å². The molecule has 2 aromatic rings. The zero-order chi connectivity index (χ0) is 13.7. The Kier molecular flexibility index (Phi) is 4.74. The lowest BCUT2D eigenvalue weighted by Gasteiger charge is -2.10. The maximum atomic E-state index is 4.47. The summed E-state index contributed by atoms with van der Waals surface area (Å²) in [5.41, 5.74) is 3.85. The summed E-state index contributed by atoms with van der Waals surface area (Å²) in [4.78, 5) is 4.47. The molecule has 0 saturated heterocycles. The number of aryl methyl sites for hydroxylation is 2. The molecule has 0 saturated carbocycles. The Morgan fingerprint density at radius 1 is 1.26 bits per heavy atom. The molecule has 3 nitrogen and oxygen atoms in total. The highest BCUT2D eigenvalue weighted by molar-refractivity contribution is 5.61. The van der Waals surface area contributed by atoms with Crippen LogP contribution in [0, 0.1) is 6.92 Å². The van der Waals surface area contributed by atoms with Crippen molar-refractivity contribution in [3.05, 3.63) is 41.7 Å². The van der Waals surface area contributed by atoms with Gasteiger partial charge in [-0.25, -0.2) is 4.98 Å². The van der Waals surface area contributed by atoms with Gasteiger partial charge in [0.1, 0.15) is 5.82 Å². The van der Waals surface area contributed by atoms with Crippen LogP contribution in [-0.4, -0.2) is 16.1 Å². The predicted molar refractivity (Wildman–Crippen MR) is 80.1 cm³/mol. The van der Waals surface area contributed by atoms with Gasteiger partial charge in [0, 0.05) is 31.0 Å². The number of hydrogen-bond donors (Lipinski definition) is 1. The number of nitrogens with zero attached hydrogens (tertiary/aromatic N) is 2. The van der Waals surface area contributed by atoms with Crippen LogP contribution in [0.1, 0.15) is 31.4 Å². The van der Waals surface area contributed by atoms with Gasteiger partial charge in [-0.15, -0.1) is 0 Å². The van der Waals surface area contributed by atoms with Crippen molar-refractivity contribution in [3.63, 3.8) is 0 Å². The predicted octanol–water partition coefficient (Wildman–Crippen LogP) is 3.38. The summed E-state index contributed by atoms with van der Waals surface area (Å²) in [5, 5.41) is 3.43. The summed E-state index contributed by atoms with van der Waals surface area (Å²) >= 11 is 0. The summed E-state index contributed by atoms with van der Waals surface area (Å²) < 4.78 is 2.18. The summed E-state index contributed by atoms with van der Waals surface area (Å²) in [6.45, 7) is 9.45. The van der Waals surface area contributed by atoms with Gasteiger partial charge in [-0.1, -0.05) is 25.1 Å². The zero-order valence-electron chi connectivity index (χ0n) is 12.1. The van der Waals surface area contributed by atoms with Gasteiger partial charge in [0.2, 0.25) is 0 Å². The van der Waals surface area contributed by atoms with E-state index in [1.54, 1.807) is 0 Å². The molecule has 19 heavy (non-hydrogen) atoms. The third-order valence-electron chi connectivity index (χ3n) is 3.34. The second kappa shape index (κ2) is 6.53. The van der Waals surface area contributed by atoms with E-state index in [0.717, 1.165) is 25.5 Å². The molecule has 0 bridgehead atoms. The normalized spacial score (nSPS) is 10.9. The van der Waals surface area contributed by atoms with E-state index in [-0.39, 0.29) is 0 Å². The average molecular weight is 257 g/mol. The Balaban J connectivity index is 2.19. The van der Waals surface area contributed by atoms with Gasteiger partial charge in [-0.2, -0.15) is 0 Å². The molecular weight excluding hydrogens is 234 g/mol. The lowest BCUT2D eigenvalue weighted by atomic mass is 10.0. The topological polar surface area (TPSA) is 29.9 Å². The minimum Gasteiger partial charge on any atom is -0.331 e. The molecule has 0 amide bonds. The third kappa shape index (κ3) is 3.24. The van der Waals surface area contributed by atoms with Gasteiger partial charge in [0.15, 0.2) is 0 Å². The van der Waals surface area contributed by atoms with Gasteiger partial charge in [0.25, 0.3) is 0 Å². The fourth-order valence-electron chi connectivity index (χ4n) is 2.30. The van der Waals surface area contributed by atoms with Crippen molar-refractivity contribution in [2.45, 2.75) is 40.3 Å². The van der Waals surface area contributed by atoms with E-state index >= 15 is 0 Å². The van der Waals surface area contributed by atoms with Crippen molar-refractivity contribution in [2.24, 2.45) is 0 Å². The molecule has 1 N–H and O–H groups in total. The van der Waals surface area contributed by atoms with E-state index in [0.29, 0.717) is 0 Å². The molecule has 3 heteroatoms. The summed E-state index contributed by atoms with van der Waals surface area (Å²) in [6.07, 6.45) is 5.07. The van der Waals surface area contributed by atoms with E-state index in [2.05, 4.69) is 53.8 Å². The molecule has 0 aliphatic rings. The monoisotopic (exact) mass is 257 g/mol. The first-order valence-electron chi connectivity index (χ1n) is 7.08. The molecule has 1 aromatic carbocycles. The van der Waals surface area contributed by atoms with Gasteiger partial charge in [0.05, 0.1) is 0 Å². The standard InChI is InChI=1S/C16H23N3/c1-4-8-17-12-14-6-7-15(13(3)11-14)16-18-9-10-19(16)5-2/h6-7,9-11,17H,4-5,8,12H2,1-3H3. The first-order chi connectivity index (χ1) is 9.26. The molecule has 1 aromatic heterocycles. The van der Waals surface area contributed by atoms with Crippen LogP contribution in [-0.2, 0) is 13.1 Å². The Morgan fingerprint density at radius 3 is 2.79 bits per heavy atom. The van der Waals surface area contributed by atoms with E-state index in [1.807, 2.05) is 12.4 Å². The fraction of sp³-hybridized carbons (Fsp3) is 0.438. The average Bonchev–Trinajstić information content (AvgIpc) is 2.87. The molecule has 0 aliphatic heterocycles. The van der Waals surface area contributed by atoms with Crippen LogP contribution in [0.25, 0.3) is 11.4 Å². The molecule has 1 heterocycles. The van der Waals surface area contributed by atoms with Crippen molar-refractivity contribution in [3.8, 4) is 11.4 Å². The fourth-order valence-corrected chi connectivity index (χ4v) is 2.30. The highest BCUT2D eigenvalue weighted by atomic mass is 15.1. The summed E-state index contributed by atoms with van der Waals surface area (Å²) in [7, 11) is 0. The maximum absolute atomic E-state index is 4.47. The minimum absolute atomic E-state index is 0.942. The largest absolute Gasteiger partial charge is 0.331 e. The van der Waals surface area contributed by atoms with E-state index in [4.69, 9.17) is 0 Å². The Hall–Kier alpha value is -1.61. The number of benzene rings is 1. The second-order valence-electron chi connectivity index (χ2n) is 4.86. The van der Waals surface area contributed by atoms with Crippen LogP contribution in [0.2, 0.25) is 0 Å². The van der Waals surface area contributed by atoms with Gasteiger partial charge in [-0.05, 0) is 37.9 Å². The Labute approximate surface area is 115 Å². The maximum Gasteiger partial charge on any atom is 0.140 e. The molecule has 0 spiro atoms. The molecule has 102 valence electrons. The summed E-state index contributed by atoms with van der Waals surface area (Å²) in [5.74, 6) is 1.06. The van der Waals surface area contributed by atoms with Gasteiger partial charge in [-0.3, -0.25) is 0 Å². The second-order valence-corrected chi connectivity index (χ2v) is 4.86. The van der Waals surface area contributed by atoms with E-state index < -0.39 is 0 Å². The first kappa shape index (κ1) is 13.8. The third-order valence-corrected chi connectivity index (χ3v) is 3.34. The molecule has 0 fully saturated rings. The first-order valence-corrected chi connectivity index (χ1v) is 7.08. The quantitative estimate of drug-likeness (QED) is 0.804. The van der Waals surface area contributed by atoms with Crippen molar-refractivity contribution >= 4 is 0 Å². The van der Waals surface area contributed by atoms with Gasteiger partial charge >= 0.3 is 0 Å². The molecular formula is C16H23N3. The highest BCUT2D eigenvalue weighted by Gasteiger charge is 2.08. The molecule has 2 rings (SSSR count). The number of hydrogen-bond acceptors (Lipinski definition) is 2. The number of nitrogens with one attached hydrogen (secondary N) is 1. The van der Waals surface area contributed by atoms with Crippen LogP contribution < -0.4 is 5.32 Å². The van der Waals surface area contributed by atoms with Crippen LogP contribution >= 0.6 is 0 Å². The lowest BCUT2D eigenvalue weighted by Crippen LogP contribution is -2.13. The van der Waals surface area contributed by atoms with E-state index in [1.165, 1.54) is 23.1 Å². The van der Waals surface area contributed by atoms with Crippen LogP contribution in [0.3, 0.4) is 0 Å². The highest BCUT2D eigenvalue weighted by Crippen LogP contribution is 2.22. The molecule has 0 atom stereocenters. The number of rotatable bonds is 6. The number of aromatic nitrogens is 2. The van der Waals surface area contributed by atoms with Crippen LogP contribution in [0.5, 0.6) is 0 Å². The van der Waals surface area contributed by atoms with E-state index in [9.17, 15) is 0 Å². The summed E-state index contributed by atoms with van der Waals surface area (Å²) in [6, 6.07) is 6.64. The molecule has 0 unspecified atom stereocenters. The lowest BCUT2D eigenvalue weighted by molar-refractivity contribution is 0.675. The van der Waals surface area contributed by atoms with Crippen molar-refractivity contribution < 1.29 is 0 Å². The SMILES string of the molecule is CCCNCc1ccc(-c2nccn2CC)c(C)c1. The Morgan fingerprint density at radius 2 is 2.11 bits per heavy atom. The Bertz CT molecular complexity index is 529. The smallest absolute Gasteiger partial charge is 0.140 e. The van der Waals surface area contributed by atoms with Crippen LogP contribution in [0.15, 0.2) is 30.6 Å². The number of imidazole rings is 1. The molecule has 0 aliphatic carbocycles. The van der Waals surface area contributed by atoms with Crippen LogP contribution in [0.4, 0.5) is 0 Å². The van der Waals surface area contributed by atoms with Gasteiger partial charge < -0.3 is 9.88 Å².